The molecule has 0 bridgehead atoms. The fourth-order valence-electron chi connectivity index (χ4n) is 4.88. The zero-order chi connectivity index (χ0) is 18.8. The SMILES string of the molecule is Cc1cc(C2CCCNC2)oc(=O)c1C(=O)N1CCC(N2CCCC2)CC1.Cl.Cl. The van der Waals surface area contributed by atoms with Gasteiger partial charge in [0.05, 0.1) is 0 Å². The average molecular weight is 446 g/mol. The summed E-state index contributed by atoms with van der Waals surface area (Å²) in [7, 11) is 0. The van der Waals surface area contributed by atoms with Gasteiger partial charge in [-0.3, -0.25) is 4.79 Å². The van der Waals surface area contributed by atoms with Crippen LogP contribution in [-0.2, 0) is 0 Å². The second kappa shape index (κ2) is 10.8. The number of hydrogen-bond acceptors (Lipinski definition) is 5. The highest BCUT2D eigenvalue weighted by molar-refractivity contribution is 5.95. The summed E-state index contributed by atoms with van der Waals surface area (Å²) in [5.41, 5.74) is 0.503. The van der Waals surface area contributed by atoms with Crippen LogP contribution in [0.15, 0.2) is 15.3 Å². The maximum absolute atomic E-state index is 13.0. The number of amides is 1. The van der Waals surface area contributed by atoms with Crippen LogP contribution in [0, 0.1) is 6.92 Å². The summed E-state index contributed by atoms with van der Waals surface area (Å²) < 4.78 is 5.59. The number of halogens is 2. The first-order valence-corrected chi connectivity index (χ1v) is 10.5. The van der Waals surface area contributed by atoms with Crippen molar-refractivity contribution in [2.24, 2.45) is 0 Å². The van der Waals surface area contributed by atoms with Crippen LogP contribution in [0.3, 0.4) is 0 Å². The van der Waals surface area contributed by atoms with Gasteiger partial charge in [-0.15, -0.1) is 24.8 Å². The molecule has 3 aliphatic heterocycles. The van der Waals surface area contributed by atoms with Crippen LogP contribution in [0.25, 0.3) is 0 Å². The van der Waals surface area contributed by atoms with Crippen LogP contribution in [0.2, 0.25) is 0 Å². The van der Waals surface area contributed by atoms with E-state index in [-0.39, 0.29) is 42.2 Å². The van der Waals surface area contributed by atoms with Gasteiger partial charge < -0.3 is 19.5 Å². The van der Waals surface area contributed by atoms with Crippen molar-refractivity contribution >= 4 is 30.7 Å². The predicted octanol–water partition coefficient (Wildman–Crippen LogP) is 2.96. The Balaban J connectivity index is 0.00000150. The molecule has 3 fully saturated rings. The summed E-state index contributed by atoms with van der Waals surface area (Å²) >= 11 is 0. The average Bonchev–Trinajstić information content (AvgIpc) is 3.23. The quantitative estimate of drug-likeness (QED) is 0.774. The van der Waals surface area contributed by atoms with Gasteiger partial charge in [0.2, 0.25) is 0 Å². The zero-order valence-corrected chi connectivity index (χ0v) is 18.8. The van der Waals surface area contributed by atoms with Crippen molar-refractivity contribution in [1.82, 2.24) is 15.1 Å². The monoisotopic (exact) mass is 445 g/mol. The fourth-order valence-corrected chi connectivity index (χ4v) is 4.88. The third kappa shape index (κ3) is 5.35. The summed E-state index contributed by atoms with van der Waals surface area (Å²) in [5, 5.41) is 3.35. The lowest BCUT2D eigenvalue weighted by Crippen LogP contribution is -2.46. The smallest absolute Gasteiger partial charge is 0.349 e. The van der Waals surface area contributed by atoms with Gasteiger partial charge >= 0.3 is 5.63 Å². The maximum atomic E-state index is 13.0. The van der Waals surface area contributed by atoms with Crippen LogP contribution in [0.1, 0.15) is 66.1 Å². The van der Waals surface area contributed by atoms with E-state index >= 15 is 0 Å². The summed E-state index contributed by atoms with van der Waals surface area (Å²) in [6.45, 7) is 7.56. The largest absolute Gasteiger partial charge is 0.427 e. The Bertz CT molecular complexity index is 735. The topological polar surface area (TPSA) is 65.8 Å². The molecular weight excluding hydrogens is 413 g/mol. The minimum atomic E-state index is -0.470. The van der Waals surface area contributed by atoms with E-state index < -0.39 is 5.63 Å². The zero-order valence-electron chi connectivity index (χ0n) is 17.2. The molecule has 4 rings (SSSR count). The lowest BCUT2D eigenvalue weighted by atomic mass is 9.95. The summed E-state index contributed by atoms with van der Waals surface area (Å²) in [6, 6.07) is 2.50. The van der Waals surface area contributed by atoms with Crippen LogP contribution in [-0.4, -0.2) is 61.0 Å². The van der Waals surface area contributed by atoms with Gasteiger partial charge in [-0.25, -0.2) is 4.79 Å². The molecule has 1 aromatic heterocycles. The summed E-state index contributed by atoms with van der Waals surface area (Å²) in [5.74, 6) is 0.786. The molecule has 3 saturated heterocycles. The highest BCUT2D eigenvalue weighted by Crippen LogP contribution is 2.25. The van der Waals surface area contributed by atoms with Crippen molar-refractivity contribution in [1.29, 1.82) is 0 Å². The number of rotatable bonds is 3. The molecule has 0 aliphatic carbocycles. The Morgan fingerprint density at radius 1 is 1.07 bits per heavy atom. The lowest BCUT2D eigenvalue weighted by molar-refractivity contribution is 0.0638. The van der Waals surface area contributed by atoms with E-state index in [1.165, 1.54) is 25.9 Å². The number of carbonyl (C=O) groups excluding carboxylic acids is 1. The molecule has 0 spiro atoms. The minimum Gasteiger partial charge on any atom is -0.427 e. The van der Waals surface area contributed by atoms with Crippen molar-refractivity contribution < 1.29 is 9.21 Å². The molecule has 0 saturated carbocycles. The van der Waals surface area contributed by atoms with E-state index in [4.69, 9.17) is 4.42 Å². The Morgan fingerprint density at radius 3 is 2.34 bits per heavy atom. The first-order valence-electron chi connectivity index (χ1n) is 10.5. The Morgan fingerprint density at radius 2 is 1.76 bits per heavy atom. The molecule has 29 heavy (non-hydrogen) atoms. The van der Waals surface area contributed by atoms with Gasteiger partial charge in [0.25, 0.3) is 5.91 Å². The Hall–Kier alpha value is -1.08. The van der Waals surface area contributed by atoms with Crippen molar-refractivity contribution in [2.45, 2.75) is 57.4 Å². The first-order chi connectivity index (χ1) is 13.1. The third-order valence-corrected chi connectivity index (χ3v) is 6.49. The number of nitrogens with zero attached hydrogens (tertiary/aromatic N) is 2. The van der Waals surface area contributed by atoms with E-state index in [1.807, 2.05) is 17.9 Å². The molecule has 1 N–H and O–H groups in total. The normalized spacial score (nSPS) is 23.3. The molecule has 3 aliphatic rings. The molecule has 1 aromatic rings. The number of hydrogen-bond donors (Lipinski definition) is 1. The molecule has 164 valence electrons. The molecule has 0 radical (unpaired) electrons. The highest BCUT2D eigenvalue weighted by Gasteiger charge is 2.31. The molecule has 1 amide bonds. The van der Waals surface area contributed by atoms with Crippen LogP contribution in [0.5, 0.6) is 0 Å². The van der Waals surface area contributed by atoms with Gasteiger partial charge in [-0.05, 0) is 76.7 Å². The van der Waals surface area contributed by atoms with Gasteiger partial charge in [-0.1, -0.05) is 0 Å². The number of nitrogens with one attached hydrogen (secondary N) is 1. The fraction of sp³-hybridized carbons (Fsp3) is 0.714. The number of likely N-dealkylation sites (tertiary alicyclic amines) is 2. The van der Waals surface area contributed by atoms with Crippen molar-refractivity contribution in [3.63, 3.8) is 0 Å². The Labute approximate surface area is 185 Å². The van der Waals surface area contributed by atoms with Crippen molar-refractivity contribution in [3.8, 4) is 0 Å². The van der Waals surface area contributed by atoms with Crippen molar-refractivity contribution in [2.75, 3.05) is 39.3 Å². The minimum absolute atomic E-state index is 0. The maximum Gasteiger partial charge on any atom is 0.349 e. The van der Waals surface area contributed by atoms with Crippen molar-refractivity contribution in [3.05, 3.63) is 33.4 Å². The van der Waals surface area contributed by atoms with E-state index in [0.29, 0.717) is 11.8 Å². The van der Waals surface area contributed by atoms with Gasteiger partial charge in [0.1, 0.15) is 11.3 Å². The first kappa shape index (κ1) is 24.2. The molecule has 4 heterocycles. The molecule has 1 unspecified atom stereocenters. The van der Waals surface area contributed by atoms with E-state index in [1.54, 1.807) is 0 Å². The lowest BCUT2D eigenvalue weighted by Gasteiger charge is -2.36. The van der Waals surface area contributed by atoms with Crippen LogP contribution < -0.4 is 10.9 Å². The summed E-state index contributed by atoms with van der Waals surface area (Å²) in [6.07, 6.45) is 6.70. The summed E-state index contributed by atoms with van der Waals surface area (Å²) in [4.78, 5) is 30.0. The number of aryl methyl sites for hydroxylation is 1. The third-order valence-electron chi connectivity index (χ3n) is 6.49. The highest BCUT2D eigenvalue weighted by atomic mass is 35.5. The standard InChI is InChI=1S/C21H31N3O3.2ClH/c1-15-13-18(16-5-4-8-22-14-16)27-21(26)19(15)20(25)24-11-6-17(7-12-24)23-9-2-3-10-23;;/h13,16-17,22H,2-12,14H2,1H3;2*1H. The molecule has 6 nitrogen and oxygen atoms in total. The van der Waals surface area contributed by atoms with Gasteiger partial charge in [0, 0.05) is 31.6 Å². The van der Waals surface area contributed by atoms with Crippen LogP contribution in [0.4, 0.5) is 0 Å². The number of carbonyl (C=O) groups is 1. The van der Waals surface area contributed by atoms with Gasteiger partial charge in [-0.2, -0.15) is 0 Å². The van der Waals surface area contributed by atoms with Gasteiger partial charge in [0.15, 0.2) is 0 Å². The van der Waals surface area contributed by atoms with E-state index in [0.717, 1.165) is 57.4 Å². The number of piperidine rings is 2. The molecule has 0 aromatic carbocycles. The Kier molecular flexibility index (Phi) is 9.01. The molecular formula is C21H33Cl2N3O3. The second-order valence-corrected chi connectivity index (χ2v) is 8.30. The molecule has 1 atom stereocenters. The molecule has 8 heteroatoms. The predicted molar refractivity (Wildman–Crippen MR) is 119 cm³/mol. The van der Waals surface area contributed by atoms with Crippen LogP contribution >= 0.6 is 24.8 Å². The van der Waals surface area contributed by atoms with E-state index in [2.05, 4.69) is 10.2 Å². The van der Waals surface area contributed by atoms with E-state index in [9.17, 15) is 9.59 Å². The second-order valence-electron chi connectivity index (χ2n) is 8.30.